The molecule has 5 rings (SSSR count). The molecule has 2 aromatic carbocycles. The maximum atomic E-state index is 9.21. The summed E-state index contributed by atoms with van der Waals surface area (Å²) in [5.41, 5.74) is 8.86. The number of rotatable bonds is 4. The Labute approximate surface area is 161 Å². The number of benzene rings is 2. The van der Waals surface area contributed by atoms with Crippen LogP contribution in [0, 0.1) is 5.92 Å². The molecule has 1 N–H and O–H groups in total. The van der Waals surface area contributed by atoms with Crippen LogP contribution in [0.3, 0.4) is 0 Å². The molecule has 1 saturated carbocycles. The van der Waals surface area contributed by atoms with Crippen molar-refractivity contribution < 1.29 is 5.11 Å². The average Bonchev–Trinajstić information content (AvgIpc) is 3.47. The molecule has 2 nitrogen and oxygen atoms in total. The van der Waals surface area contributed by atoms with Crippen molar-refractivity contribution in [3.05, 3.63) is 82.4 Å². The van der Waals surface area contributed by atoms with E-state index in [1.807, 2.05) is 12.1 Å². The number of fused-ring (bicyclic) bond motifs is 1. The fourth-order valence-electron chi connectivity index (χ4n) is 4.78. The predicted octanol–water partition coefficient (Wildman–Crippen LogP) is 5.71. The lowest BCUT2D eigenvalue weighted by Gasteiger charge is -2.17. The SMILES string of the molecule is OCc1ccc(C2=CC(c3ccc4c(c3)C=NC4C3CCCC3)=CC2)cc1. The van der Waals surface area contributed by atoms with E-state index in [0.29, 0.717) is 6.04 Å². The third-order valence-corrected chi connectivity index (χ3v) is 6.34. The number of nitrogens with zero attached hydrogens (tertiary/aromatic N) is 1. The molecule has 27 heavy (non-hydrogen) atoms. The van der Waals surface area contributed by atoms with Gasteiger partial charge in [-0.25, -0.2) is 0 Å². The zero-order chi connectivity index (χ0) is 18.2. The van der Waals surface area contributed by atoms with E-state index in [0.717, 1.165) is 17.9 Å². The Morgan fingerprint density at radius 1 is 0.963 bits per heavy atom. The monoisotopic (exact) mass is 355 g/mol. The Morgan fingerprint density at radius 2 is 1.74 bits per heavy atom. The van der Waals surface area contributed by atoms with Gasteiger partial charge in [0, 0.05) is 6.21 Å². The first-order valence-electron chi connectivity index (χ1n) is 10.1. The number of aliphatic hydroxyl groups is 1. The van der Waals surface area contributed by atoms with Crippen LogP contribution >= 0.6 is 0 Å². The van der Waals surface area contributed by atoms with Crippen LogP contribution in [-0.4, -0.2) is 11.3 Å². The van der Waals surface area contributed by atoms with Gasteiger partial charge in [0.15, 0.2) is 0 Å². The van der Waals surface area contributed by atoms with E-state index in [4.69, 9.17) is 4.99 Å². The Kier molecular flexibility index (Phi) is 4.29. The number of hydrogen-bond donors (Lipinski definition) is 1. The fraction of sp³-hybridized carbons (Fsp3) is 0.320. The standard InChI is InChI=1S/C25H25NO/c27-16-17-5-7-18(8-6-17)20-9-10-21(13-20)22-11-12-24-23(14-22)15-26-25(24)19-3-1-2-4-19/h5-8,10-15,19,25,27H,1-4,9,16H2. The molecule has 1 unspecified atom stereocenters. The Hall–Kier alpha value is -2.45. The second kappa shape index (κ2) is 6.94. The molecule has 1 atom stereocenters. The molecule has 1 aliphatic heterocycles. The smallest absolute Gasteiger partial charge is 0.0783 e. The molecule has 136 valence electrons. The summed E-state index contributed by atoms with van der Waals surface area (Å²) in [6.07, 6.45) is 13.1. The van der Waals surface area contributed by atoms with Crippen molar-refractivity contribution in [2.75, 3.05) is 0 Å². The highest BCUT2D eigenvalue weighted by atomic mass is 16.3. The van der Waals surface area contributed by atoms with Crippen LogP contribution in [0.5, 0.6) is 0 Å². The van der Waals surface area contributed by atoms with Crippen molar-refractivity contribution in [3.8, 4) is 0 Å². The first kappa shape index (κ1) is 16.7. The van der Waals surface area contributed by atoms with Gasteiger partial charge in [-0.2, -0.15) is 0 Å². The number of allylic oxidation sites excluding steroid dienone is 4. The predicted molar refractivity (Wildman–Crippen MR) is 112 cm³/mol. The molecule has 1 fully saturated rings. The minimum absolute atomic E-state index is 0.0986. The average molecular weight is 355 g/mol. The van der Waals surface area contributed by atoms with Gasteiger partial charge in [0.25, 0.3) is 0 Å². The summed E-state index contributed by atoms with van der Waals surface area (Å²) in [5.74, 6) is 0.743. The van der Waals surface area contributed by atoms with Crippen LogP contribution in [-0.2, 0) is 6.61 Å². The van der Waals surface area contributed by atoms with Crippen molar-refractivity contribution in [1.29, 1.82) is 0 Å². The largest absolute Gasteiger partial charge is 0.392 e. The lowest BCUT2D eigenvalue weighted by molar-refractivity contribution is 0.282. The van der Waals surface area contributed by atoms with E-state index in [9.17, 15) is 5.11 Å². The van der Waals surface area contributed by atoms with Crippen LogP contribution in [0.25, 0.3) is 11.1 Å². The van der Waals surface area contributed by atoms with E-state index < -0.39 is 0 Å². The lowest BCUT2D eigenvalue weighted by atomic mass is 9.90. The highest BCUT2D eigenvalue weighted by Gasteiger charge is 2.29. The molecular formula is C25H25NO. The Balaban J connectivity index is 1.38. The van der Waals surface area contributed by atoms with E-state index in [1.54, 1.807) is 0 Å². The summed E-state index contributed by atoms with van der Waals surface area (Å²) in [7, 11) is 0. The minimum Gasteiger partial charge on any atom is -0.392 e. The van der Waals surface area contributed by atoms with Crippen LogP contribution in [0.2, 0.25) is 0 Å². The van der Waals surface area contributed by atoms with Gasteiger partial charge in [0.1, 0.15) is 0 Å². The van der Waals surface area contributed by atoms with E-state index >= 15 is 0 Å². The first-order valence-corrected chi connectivity index (χ1v) is 10.1. The molecule has 2 aromatic rings. The number of aliphatic imine (C=N–C) groups is 1. The summed E-state index contributed by atoms with van der Waals surface area (Å²) in [6.45, 7) is 0.0986. The summed E-state index contributed by atoms with van der Waals surface area (Å²) >= 11 is 0. The van der Waals surface area contributed by atoms with Gasteiger partial charge in [-0.15, -0.1) is 0 Å². The molecule has 0 saturated heterocycles. The summed E-state index contributed by atoms with van der Waals surface area (Å²) in [4.78, 5) is 4.85. The van der Waals surface area contributed by atoms with Crippen LogP contribution in [0.15, 0.2) is 59.6 Å². The summed E-state index contributed by atoms with van der Waals surface area (Å²) < 4.78 is 0. The third kappa shape index (κ3) is 3.08. The van der Waals surface area contributed by atoms with Gasteiger partial charge >= 0.3 is 0 Å². The van der Waals surface area contributed by atoms with Gasteiger partial charge in [0.2, 0.25) is 0 Å². The highest BCUT2D eigenvalue weighted by molar-refractivity contribution is 5.92. The molecule has 0 radical (unpaired) electrons. The van der Waals surface area contributed by atoms with E-state index in [2.05, 4.69) is 48.7 Å². The van der Waals surface area contributed by atoms with Gasteiger partial charge in [-0.1, -0.05) is 61.4 Å². The molecule has 2 heteroatoms. The van der Waals surface area contributed by atoms with Gasteiger partial charge in [0.05, 0.1) is 12.6 Å². The second-order valence-electron chi connectivity index (χ2n) is 8.00. The first-order chi connectivity index (χ1) is 13.3. The van der Waals surface area contributed by atoms with Crippen molar-refractivity contribution in [1.82, 2.24) is 0 Å². The molecule has 0 bridgehead atoms. The van der Waals surface area contributed by atoms with Gasteiger partial charge in [-0.3, -0.25) is 4.99 Å². The van der Waals surface area contributed by atoms with E-state index in [1.165, 1.54) is 59.1 Å². The highest BCUT2D eigenvalue weighted by Crippen LogP contribution is 2.42. The Bertz CT molecular complexity index is 943. The summed E-state index contributed by atoms with van der Waals surface area (Å²) in [6, 6.07) is 15.5. The molecule has 3 aliphatic rings. The molecular weight excluding hydrogens is 330 g/mol. The van der Waals surface area contributed by atoms with Crippen molar-refractivity contribution in [2.45, 2.75) is 44.8 Å². The topological polar surface area (TPSA) is 32.6 Å². The minimum atomic E-state index is 0.0986. The molecule has 1 heterocycles. The zero-order valence-electron chi connectivity index (χ0n) is 15.6. The number of hydrogen-bond acceptors (Lipinski definition) is 2. The normalized spacial score (nSPS) is 21.4. The van der Waals surface area contributed by atoms with Crippen molar-refractivity contribution in [2.24, 2.45) is 10.9 Å². The Morgan fingerprint density at radius 3 is 2.52 bits per heavy atom. The fourth-order valence-corrected chi connectivity index (χ4v) is 4.78. The molecule has 0 spiro atoms. The van der Waals surface area contributed by atoms with Crippen molar-refractivity contribution in [3.63, 3.8) is 0 Å². The van der Waals surface area contributed by atoms with Crippen LogP contribution in [0.4, 0.5) is 0 Å². The van der Waals surface area contributed by atoms with Crippen molar-refractivity contribution >= 4 is 17.4 Å². The molecule has 2 aliphatic carbocycles. The van der Waals surface area contributed by atoms with Crippen LogP contribution < -0.4 is 0 Å². The maximum absolute atomic E-state index is 9.21. The summed E-state index contributed by atoms with van der Waals surface area (Å²) in [5, 5.41) is 9.21. The van der Waals surface area contributed by atoms with E-state index in [-0.39, 0.29) is 6.61 Å². The molecule has 0 amide bonds. The van der Waals surface area contributed by atoms with Crippen LogP contribution in [0.1, 0.15) is 66.0 Å². The van der Waals surface area contributed by atoms with Gasteiger partial charge < -0.3 is 5.11 Å². The van der Waals surface area contributed by atoms with Gasteiger partial charge in [-0.05, 0) is 70.2 Å². The second-order valence-corrected chi connectivity index (χ2v) is 8.00. The molecule has 0 aromatic heterocycles. The number of aliphatic hydroxyl groups excluding tert-OH is 1. The third-order valence-electron chi connectivity index (χ3n) is 6.34. The maximum Gasteiger partial charge on any atom is 0.0783 e. The quantitative estimate of drug-likeness (QED) is 0.748. The zero-order valence-corrected chi connectivity index (χ0v) is 15.6. The lowest BCUT2D eigenvalue weighted by Crippen LogP contribution is -2.05.